The van der Waals surface area contributed by atoms with Crippen LogP contribution in [0.2, 0.25) is 0 Å². The molecule has 0 heterocycles. The van der Waals surface area contributed by atoms with Gasteiger partial charge in [0.05, 0.1) is 6.42 Å². The van der Waals surface area contributed by atoms with Gasteiger partial charge in [0.2, 0.25) is 0 Å². The fraction of sp³-hybridized carbons (Fsp3) is 0.588. The second-order valence-corrected chi connectivity index (χ2v) is 5.85. The van der Waals surface area contributed by atoms with Crippen LogP contribution in [-0.4, -0.2) is 23.2 Å². The van der Waals surface area contributed by atoms with Crippen molar-refractivity contribution in [2.24, 2.45) is 0 Å². The van der Waals surface area contributed by atoms with Gasteiger partial charge in [-0.05, 0) is 57.2 Å². The van der Waals surface area contributed by atoms with Crippen LogP contribution in [0.5, 0.6) is 0 Å². The first kappa shape index (κ1) is 16.7. The van der Waals surface area contributed by atoms with E-state index in [1.54, 1.807) is 0 Å². The third-order valence-corrected chi connectivity index (χ3v) is 3.84. The highest BCUT2D eigenvalue weighted by Gasteiger charge is 2.17. The van der Waals surface area contributed by atoms with Gasteiger partial charge in [-0.15, -0.1) is 0 Å². The number of hydrogen-bond donors (Lipinski definition) is 2. The van der Waals surface area contributed by atoms with E-state index in [1.807, 2.05) is 0 Å². The fourth-order valence-electron chi connectivity index (χ4n) is 2.70. The van der Waals surface area contributed by atoms with E-state index in [0.717, 1.165) is 12.8 Å². The highest BCUT2D eigenvalue weighted by Crippen LogP contribution is 2.19. The lowest BCUT2D eigenvalue weighted by Gasteiger charge is -2.23. The predicted molar refractivity (Wildman–Crippen MR) is 83.3 cm³/mol. The number of carboxylic acid groups (broad SMARTS) is 1. The van der Waals surface area contributed by atoms with Gasteiger partial charge in [0.25, 0.3) is 0 Å². The number of rotatable bonds is 7. The van der Waals surface area contributed by atoms with Crippen molar-refractivity contribution in [1.82, 2.24) is 5.32 Å². The third kappa shape index (κ3) is 4.97. The third-order valence-electron chi connectivity index (χ3n) is 3.84. The molecule has 0 spiro atoms. The minimum atomic E-state index is -0.742. The van der Waals surface area contributed by atoms with Crippen LogP contribution in [0.1, 0.15) is 48.9 Å². The molecule has 0 aromatic heterocycles. The molecule has 0 saturated carbocycles. The van der Waals surface area contributed by atoms with Crippen LogP contribution in [0.25, 0.3) is 0 Å². The Labute approximate surface area is 122 Å². The Morgan fingerprint density at radius 3 is 2.25 bits per heavy atom. The molecule has 3 nitrogen and oxygen atoms in total. The van der Waals surface area contributed by atoms with Crippen LogP contribution in [0.4, 0.5) is 0 Å². The summed E-state index contributed by atoms with van der Waals surface area (Å²) >= 11 is 0. The highest BCUT2D eigenvalue weighted by molar-refractivity contribution is 5.67. The lowest BCUT2D eigenvalue weighted by atomic mass is 9.93. The Morgan fingerprint density at radius 1 is 1.25 bits per heavy atom. The maximum Gasteiger partial charge on any atom is 0.304 e. The fourth-order valence-corrected chi connectivity index (χ4v) is 2.70. The molecule has 3 heteroatoms. The normalized spacial score (nSPS) is 14.1. The zero-order valence-corrected chi connectivity index (χ0v) is 13.3. The quantitative estimate of drug-likeness (QED) is 0.803. The van der Waals surface area contributed by atoms with Gasteiger partial charge in [-0.3, -0.25) is 4.79 Å². The summed E-state index contributed by atoms with van der Waals surface area (Å²) in [5, 5.41) is 12.5. The van der Waals surface area contributed by atoms with Crippen molar-refractivity contribution in [3.63, 3.8) is 0 Å². The first-order valence-electron chi connectivity index (χ1n) is 7.38. The highest BCUT2D eigenvalue weighted by atomic mass is 16.4. The van der Waals surface area contributed by atoms with Gasteiger partial charge in [0.15, 0.2) is 0 Å². The SMILES string of the molecule is CCC(C)NC(CC(=O)O)Cc1c(C)cc(C)cc1C. The summed E-state index contributed by atoms with van der Waals surface area (Å²) < 4.78 is 0. The van der Waals surface area contributed by atoms with Crippen LogP contribution in [-0.2, 0) is 11.2 Å². The summed E-state index contributed by atoms with van der Waals surface area (Å²) in [6, 6.07) is 4.67. The van der Waals surface area contributed by atoms with Crippen LogP contribution in [0, 0.1) is 20.8 Å². The molecule has 20 heavy (non-hydrogen) atoms. The molecule has 0 aliphatic rings. The topological polar surface area (TPSA) is 49.3 Å². The average Bonchev–Trinajstić information content (AvgIpc) is 2.32. The van der Waals surface area contributed by atoms with E-state index < -0.39 is 5.97 Å². The van der Waals surface area contributed by atoms with Crippen molar-refractivity contribution in [1.29, 1.82) is 0 Å². The second kappa shape index (κ2) is 7.44. The Bertz CT molecular complexity index is 445. The molecule has 0 radical (unpaired) electrons. The van der Waals surface area contributed by atoms with E-state index >= 15 is 0 Å². The van der Waals surface area contributed by atoms with Gasteiger partial charge in [0.1, 0.15) is 0 Å². The van der Waals surface area contributed by atoms with E-state index in [1.165, 1.54) is 22.3 Å². The first-order chi connectivity index (χ1) is 9.33. The molecule has 0 aliphatic carbocycles. The van der Waals surface area contributed by atoms with Crippen molar-refractivity contribution in [3.8, 4) is 0 Å². The zero-order valence-electron chi connectivity index (χ0n) is 13.3. The molecule has 0 saturated heterocycles. The number of nitrogens with one attached hydrogen (secondary N) is 1. The molecular weight excluding hydrogens is 250 g/mol. The Hall–Kier alpha value is -1.35. The number of aryl methyl sites for hydroxylation is 3. The minimum absolute atomic E-state index is 0.0115. The second-order valence-electron chi connectivity index (χ2n) is 5.85. The van der Waals surface area contributed by atoms with Gasteiger partial charge in [-0.1, -0.05) is 24.6 Å². The van der Waals surface area contributed by atoms with E-state index in [9.17, 15) is 4.79 Å². The van der Waals surface area contributed by atoms with Gasteiger partial charge >= 0.3 is 5.97 Å². The van der Waals surface area contributed by atoms with Gasteiger partial charge in [-0.25, -0.2) is 0 Å². The van der Waals surface area contributed by atoms with E-state index in [2.05, 4.69) is 52.1 Å². The van der Waals surface area contributed by atoms with Gasteiger partial charge in [0, 0.05) is 12.1 Å². The van der Waals surface area contributed by atoms with Crippen molar-refractivity contribution < 1.29 is 9.90 Å². The predicted octanol–water partition coefficient (Wildman–Crippen LogP) is 3.39. The lowest BCUT2D eigenvalue weighted by Crippen LogP contribution is -2.39. The summed E-state index contributed by atoms with van der Waals surface area (Å²) in [6.07, 6.45) is 1.94. The Balaban J connectivity index is 2.91. The maximum absolute atomic E-state index is 11.1. The molecule has 0 amide bonds. The van der Waals surface area contributed by atoms with Crippen LogP contribution in [0.15, 0.2) is 12.1 Å². The standard InChI is InChI=1S/C17H27NO2/c1-6-14(5)18-15(10-17(19)20)9-16-12(3)7-11(2)8-13(16)4/h7-8,14-15,18H,6,9-10H2,1-5H3,(H,19,20). The molecular formula is C17H27NO2. The van der Waals surface area contributed by atoms with Crippen LogP contribution < -0.4 is 5.32 Å². The molecule has 0 bridgehead atoms. The van der Waals surface area contributed by atoms with E-state index in [0.29, 0.717) is 6.04 Å². The molecule has 1 aromatic rings. The molecule has 2 atom stereocenters. The number of carboxylic acids is 1. The summed E-state index contributed by atoms with van der Waals surface area (Å²) in [7, 11) is 0. The van der Waals surface area contributed by atoms with Crippen LogP contribution >= 0.6 is 0 Å². The monoisotopic (exact) mass is 277 g/mol. The summed E-state index contributed by atoms with van der Waals surface area (Å²) in [6.45, 7) is 10.5. The number of benzene rings is 1. The summed E-state index contributed by atoms with van der Waals surface area (Å²) in [5.74, 6) is -0.742. The van der Waals surface area contributed by atoms with Gasteiger partial charge in [-0.2, -0.15) is 0 Å². The van der Waals surface area contributed by atoms with Crippen molar-refractivity contribution in [2.75, 3.05) is 0 Å². The lowest BCUT2D eigenvalue weighted by molar-refractivity contribution is -0.137. The number of aliphatic carboxylic acids is 1. The molecule has 1 rings (SSSR count). The van der Waals surface area contributed by atoms with Gasteiger partial charge < -0.3 is 10.4 Å². The minimum Gasteiger partial charge on any atom is -0.481 e. The van der Waals surface area contributed by atoms with E-state index in [4.69, 9.17) is 5.11 Å². The maximum atomic E-state index is 11.1. The average molecular weight is 277 g/mol. The summed E-state index contributed by atoms with van der Waals surface area (Å²) in [5.41, 5.74) is 5.04. The number of carbonyl (C=O) groups is 1. The smallest absolute Gasteiger partial charge is 0.304 e. The van der Waals surface area contributed by atoms with Crippen LogP contribution in [0.3, 0.4) is 0 Å². The molecule has 0 fully saturated rings. The molecule has 2 N–H and O–H groups in total. The first-order valence-corrected chi connectivity index (χ1v) is 7.38. The Kier molecular flexibility index (Phi) is 6.21. The van der Waals surface area contributed by atoms with E-state index in [-0.39, 0.29) is 12.5 Å². The zero-order chi connectivity index (χ0) is 15.3. The molecule has 112 valence electrons. The van der Waals surface area contributed by atoms with Crippen molar-refractivity contribution in [3.05, 3.63) is 34.4 Å². The Morgan fingerprint density at radius 2 is 1.80 bits per heavy atom. The van der Waals surface area contributed by atoms with Crippen molar-refractivity contribution >= 4 is 5.97 Å². The molecule has 2 unspecified atom stereocenters. The summed E-state index contributed by atoms with van der Waals surface area (Å²) in [4.78, 5) is 11.1. The molecule has 0 aliphatic heterocycles. The largest absolute Gasteiger partial charge is 0.481 e. The molecule has 1 aromatic carbocycles. The number of hydrogen-bond acceptors (Lipinski definition) is 2. The van der Waals surface area contributed by atoms with Crippen molar-refractivity contribution in [2.45, 2.75) is 66.0 Å².